The van der Waals surface area contributed by atoms with Crippen LogP contribution in [0.3, 0.4) is 0 Å². The largest absolute Gasteiger partial charge is 0.496 e. The molecule has 0 amide bonds. The number of thiophene rings is 1. The van der Waals surface area contributed by atoms with Gasteiger partial charge in [-0.1, -0.05) is 41.9 Å². The third kappa shape index (κ3) is 8.27. The lowest BCUT2D eigenvalue weighted by Gasteiger charge is -2.20. The zero-order valence-electron chi connectivity index (χ0n) is 31.4. The van der Waals surface area contributed by atoms with Crippen molar-refractivity contribution in [3.63, 3.8) is 0 Å². The molecule has 58 heavy (non-hydrogen) atoms. The molecule has 4 aromatic carbocycles. The summed E-state index contributed by atoms with van der Waals surface area (Å²) in [6.07, 6.45) is 2.97. The van der Waals surface area contributed by atoms with Crippen LogP contribution in [0.2, 0.25) is 5.02 Å². The molecule has 1 unspecified atom stereocenters. The zero-order valence-corrected chi connectivity index (χ0v) is 33.0. The molecule has 3 heterocycles. The lowest BCUT2D eigenvalue weighted by Crippen LogP contribution is -2.32. The van der Waals surface area contributed by atoms with E-state index in [0.29, 0.717) is 95.2 Å². The molecule has 0 fully saturated rings. The van der Waals surface area contributed by atoms with Gasteiger partial charge in [0.25, 0.3) is 0 Å². The Labute approximate surface area is 341 Å². The smallest absolute Gasteiger partial charge is 0.347 e. The number of fused-ring (bicyclic) bond motifs is 1. The van der Waals surface area contributed by atoms with E-state index in [9.17, 15) is 18.8 Å². The predicted octanol–water partition coefficient (Wildman–Crippen LogP) is 9.35. The van der Waals surface area contributed by atoms with Crippen LogP contribution in [0, 0.1) is 12.7 Å². The lowest BCUT2D eigenvalue weighted by atomic mass is 9.95. The SMILES string of the molecule is CCOC(=O)C(Cc1cc(C=O)ccc1OCc1ccnc(-c2ccccc2OC)n1)Oc1ncnc2sc(-c3ccc(F)cc3)c(-c3ccc(C=O)c(Cl)c3C)c12. The van der Waals surface area contributed by atoms with Crippen LogP contribution < -0.4 is 14.2 Å². The summed E-state index contributed by atoms with van der Waals surface area (Å²) in [5.41, 5.74) is 5.00. The Balaban J connectivity index is 1.28. The molecular formula is C44H34ClFN4O7S. The zero-order chi connectivity index (χ0) is 40.8. The number of benzene rings is 4. The summed E-state index contributed by atoms with van der Waals surface area (Å²) in [6, 6.07) is 23.4. The van der Waals surface area contributed by atoms with Gasteiger partial charge in [0.15, 0.2) is 12.1 Å². The molecule has 0 bridgehead atoms. The van der Waals surface area contributed by atoms with Crippen molar-refractivity contribution in [3.8, 4) is 50.3 Å². The second-order valence-corrected chi connectivity index (χ2v) is 14.2. The Morgan fingerprint density at radius 2 is 1.74 bits per heavy atom. The molecule has 0 aliphatic heterocycles. The molecule has 7 aromatic rings. The first-order valence-electron chi connectivity index (χ1n) is 18.0. The van der Waals surface area contributed by atoms with E-state index in [0.717, 1.165) is 0 Å². The molecule has 11 nitrogen and oxygen atoms in total. The minimum absolute atomic E-state index is 0.0325. The van der Waals surface area contributed by atoms with Crippen molar-refractivity contribution in [1.82, 2.24) is 19.9 Å². The van der Waals surface area contributed by atoms with Crippen molar-refractivity contribution < 1.29 is 37.7 Å². The van der Waals surface area contributed by atoms with Crippen molar-refractivity contribution in [1.29, 1.82) is 0 Å². The van der Waals surface area contributed by atoms with E-state index in [1.54, 1.807) is 75.7 Å². The van der Waals surface area contributed by atoms with Gasteiger partial charge in [-0.15, -0.1) is 11.3 Å². The number of para-hydroxylation sites is 1. The highest BCUT2D eigenvalue weighted by Gasteiger charge is 2.29. The maximum atomic E-state index is 14.1. The van der Waals surface area contributed by atoms with Crippen molar-refractivity contribution in [2.24, 2.45) is 0 Å². The standard InChI is InChI=1S/C44H34ClFN4O7S/c1-4-55-44(53)36(20-29-19-26(21-51)9-16-34(29)56-23-31-17-18-47-41(50-31)33-7-5-6-8-35(33)54-3)57-42-38-37(32-15-12-28(22-52)39(45)25(32)2)40(58-43(38)49-24-48-42)27-10-13-30(46)14-11-27/h5-19,21-22,24,36H,4,20,23H2,1-3H3. The monoisotopic (exact) mass is 816 g/mol. The Kier molecular flexibility index (Phi) is 12.1. The third-order valence-corrected chi connectivity index (χ3v) is 10.9. The minimum Gasteiger partial charge on any atom is -0.496 e. The van der Waals surface area contributed by atoms with Crippen LogP contribution in [0.1, 0.15) is 44.5 Å². The van der Waals surface area contributed by atoms with Crippen LogP contribution in [-0.4, -0.2) is 58.3 Å². The summed E-state index contributed by atoms with van der Waals surface area (Å²) < 4.78 is 37.9. The molecule has 0 saturated heterocycles. The highest BCUT2D eigenvalue weighted by atomic mass is 35.5. The maximum absolute atomic E-state index is 14.1. The Morgan fingerprint density at radius 1 is 0.931 bits per heavy atom. The summed E-state index contributed by atoms with van der Waals surface area (Å²) in [5.74, 6) is 0.433. The molecule has 1 atom stereocenters. The van der Waals surface area contributed by atoms with Crippen molar-refractivity contribution in [2.75, 3.05) is 13.7 Å². The molecule has 14 heteroatoms. The summed E-state index contributed by atoms with van der Waals surface area (Å²) in [7, 11) is 1.58. The number of rotatable bonds is 15. The molecule has 0 radical (unpaired) electrons. The molecular weight excluding hydrogens is 783 g/mol. The van der Waals surface area contributed by atoms with Gasteiger partial charge < -0.3 is 18.9 Å². The normalized spacial score (nSPS) is 11.5. The number of carbonyl (C=O) groups excluding carboxylic acids is 3. The van der Waals surface area contributed by atoms with Crippen molar-refractivity contribution in [2.45, 2.75) is 33.0 Å². The van der Waals surface area contributed by atoms with Gasteiger partial charge in [0, 0.05) is 34.2 Å². The van der Waals surface area contributed by atoms with Crippen molar-refractivity contribution >= 4 is 51.7 Å². The highest BCUT2D eigenvalue weighted by Crippen LogP contribution is 2.49. The first kappa shape index (κ1) is 39.7. The lowest BCUT2D eigenvalue weighted by molar-refractivity contribution is -0.151. The number of aromatic nitrogens is 4. The van der Waals surface area contributed by atoms with Crippen LogP contribution >= 0.6 is 22.9 Å². The number of methoxy groups -OCH3 is 1. The number of ether oxygens (including phenoxy) is 4. The number of hydrogen-bond donors (Lipinski definition) is 0. The Hall–Kier alpha value is -6.57. The second kappa shape index (κ2) is 17.7. The van der Waals surface area contributed by atoms with E-state index in [2.05, 4.69) is 19.9 Å². The number of carbonyl (C=O) groups is 3. The van der Waals surface area contributed by atoms with Gasteiger partial charge in [0.1, 0.15) is 41.4 Å². The molecule has 0 N–H and O–H groups in total. The average Bonchev–Trinajstić information content (AvgIpc) is 3.64. The van der Waals surface area contributed by atoms with E-state index in [1.807, 2.05) is 24.3 Å². The summed E-state index contributed by atoms with van der Waals surface area (Å²) in [4.78, 5) is 56.9. The molecule has 292 valence electrons. The van der Waals surface area contributed by atoms with E-state index in [4.69, 9.17) is 30.5 Å². The van der Waals surface area contributed by atoms with Crippen LogP contribution in [0.15, 0.2) is 97.5 Å². The summed E-state index contributed by atoms with van der Waals surface area (Å²) in [5, 5.41) is 0.730. The van der Waals surface area contributed by atoms with Gasteiger partial charge in [0.05, 0.1) is 35.4 Å². The number of aldehydes is 2. The van der Waals surface area contributed by atoms with Gasteiger partial charge in [-0.3, -0.25) is 9.59 Å². The highest BCUT2D eigenvalue weighted by molar-refractivity contribution is 7.22. The molecule has 7 rings (SSSR count). The number of halogens is 2. The summed E-state index contributed by atoms with van der Waals surface area (Å²) >= 11 is 8.00. The maximum Gasteiger partial charge on any atom is 0.347 e. The molecule has 0 aliphatic rings. The number of hydrogen-bond acceptors (Lipinski definition) is 12. The van der Waals surface area contributed by atoms with E-state index < -0.39 is 17.9 Å². The van der Waals surface area contributed by atoms with Gasteiger partial charge in [-0.2, -0.15) is 0 Å². The Bertz CT molecular complexity index is 2650. The second-order valence-electron chi connectivity index (χ2n) is 12.8. The third-order valence-electron chi connectivity index (χ3n) is 9.24. The molecule has 0 aliphatic carbocycles. The van der Waals surface area contributed by atoms with E-state index in [-0.39, 0.29) is 30.5 Å². The van der Waals surface area contributed by atoms with Gasteiger partial charge in [0.2, 0.25) is 12.0 Å². The topological polar surface area (TPSA) is 140 Å². The van der Waals surface area contributed by atoms with Crippen LogP contribution in [0.5, 0.6) is 17.4 Å². The quantitative estimate of drug-likeness (QED) is 0.0722. The molecule has 0 saturated carbocycles. The molecule has 3 aromatic heterocycles. The fraction of sp³-hybridized carbons (Fsp3) is 0.159. The van der Waals surface area contributed by atoms with E-state index >= 15 is 0 Å². The summed E-state index contributed by atoms with van der Waals surface area (Å²) in [6.45, 7) is 3.57. The van der Waals surface area contributed by atoms with Gasteiger partial charge in [-0.05, 0) is 90.7 Å². The van der Waals surface area contributed by atoms with Crippen LogP contribution in [0.25, 0.3) is 43.2 Å². The van der Waals surface area contributed by atoms with Crippen LogP contribution in [0.4, 0.5) is 4.39 Å². The molecule has 0 spiro atoms. The number of nitrogens with zero attached hydrogens (tertiary/aromatic N) is 4. The van der Waals surface area contributed by atoms with Crippen molar-refractivity contribution in [3.05, 3.63) is 136 Å². The first-order chi connectivity index (χ1) is 28.2. The van der Waals surface area contributed by atoms with Gasteiger partial charge in [-0.25, -0.2) is 29.1 Å². The van der Waals surface area contributed by atoms with Gasteiger partial charge >= 0.3 is 5.97 Å². The first-order valence-corrected chi connectivity index (χ1v) is 19.2. The number of esters is 1. The predicted molar refractivity (Wildman–Crippen MR) is 218 cm³/mol. The fourth-order valence-corrected chi connectivity index (χ4v) is 7.79. The minimum atomic E-state index is -1.28. The average molecular weight is 817 g/mol. The Morgan fingerprint density at radius 3 is 2.50 bits per heavy atom. The fourth-order valence-electron chi connectivity index (χ4n) is 6.43. The van der Waals surface area contributed by atoms with Crippen LogP contribution in [-0.2, 0) is 22.6 Å². The van der Waals surface area contributed by atoms with E-state index in [1.165, 1.54) is 29.8 Å².